The Balaban J connectivity index is 1.60. The van der Waals surface area contributed by atoms with E-state index in [4.69, 9.17) is 0 Å². The monoisotopic (exact) mass is 266 g/mol. The number of benzene rings is 2. The van der Waals surface area contributed by atoms with Gasteiger partial charge in [0.2, 0.25) is 0 Å². The first-order valence-corrected chi connectivity index (χ1v) is 6.83. The number of hydrogen-bond donors (Lipinski definition) is 3. The van der Waals surface area contributed by atoms with Crippen molar-refractivity contribution in [1.82, 2.24) is 10.3 Å². The van der Waals surface area contributed by atoms with Crippen LogP contribution in [0.2, 0.25) is 0 Å². The highest BCUT2D eigenvalue weighted by atomic mass is 16.3. The maximum absolute atomic E-state index is 10.1. The maximum atomic E-state index is 10.1. The number of fused-ring (bicyclic) bond motifs is 1. The van der Waals surface area contributed by atoms with Crippen LogP contribution >= 0.6 is 0 Å². The Bertz CT molecular complexity index is 676. The summed E-state index contributed by atoms with van der Waals surface area (Å²) in [6.45, 7) is 1.29. The highest BCUT2D eigenvalue weighted by Crippen LogP contribution is 2.17. The van der Waals surface area contributed by atoms with Crippen LogP contribution in [0.15, 0.2) is 60.8 Å². The molecule has 3 rings (SSSR count). The lowest BCUT2D eigenvalue weighted by Crippen LogP contribution is -2.20. The number of nitrogens with one attached hydrogen (secondary N) is 2. The van der Waals surface area contributed by atoms with E-state index in [0.29, 0.717) is 6.54 Å². The number of aliphatic hydroxyl groups is 1. The first-order valence-electron chi connectivity index (χ1n) is 6.83. The van der Waals surface area contributed by atoms with Crippen molar-refractivity contribution >= 4 is 10.9 Å². The summed E-state index contributed by atoms with van der Waals surface area (Å²) in [6.07, 6.45) is 1.55. The summed E-state index contributed by atoms with van der Waals surface area (Å²) in [5, 5.41) is 14.6. The zero-order valence-corrected chi connectivity index (χ0v) is 11.2. The van der Waals surface area contributed by atoms with Crippen molar-refractivity contribution in [2.45, 2.75) is 12.6 Å². The molecule has 2 aromatic carbocycles. The van der Waals surface area contributed by atoms with Gasteiger partial charge in [-0.15, -0.1) is 0 Å². The zero-order chi connectivity index (χ0) is 13.8. The smallest absolute Gasteiger partial charge is 0.0914 e. The van der Waals surface area contributed by atoms with Gasteiger partial charge in [-0.05, 0) is 17.2 Å². The molecule has 0 radical (unpaired) electrons. The van der Waals surface area contributed by atoms with Crippen molar-refractivity contribution in [2.75, 3.05) is 6.54 Å². The minimum absolute atomic E-state index is 0.471. The number of aliphatic hydroxyl groups excluding tert-OH is 1. The Morgan fingerprint density at radius 3 is 2.60 bits per heavy atom. The number of aromatic nitrogens is 1. The van der Waals surface area contributed by atoms with Crippen LogP contribution in [0, 0.1) is 0 Å². The van der Waals surface area contributed by atoms with Crippen molar-refractivity contribution in [3.63, 3.8) is 0 Å². The quantitative estimate of drug-likeness (QED) is 0.665. The molecule has 0 amide bonds. The van der Waals surface area contributed by atoms with Crippen LogP contribution in [-0.4, -0.2) is 16.6 Å². The lowest BCUT2D eigenvalue weighted by Gasteiger charge is -2.11. The van der Waals surface area contributed by atoms with Gasteiger partial charge in [0, 0.05) is 30.2 Å². The van der Waals surface area contributed by atoms with E-state index >= 15 is 0 Å². The van der Waals surface area contributed by atoms with E-state index in [1.165, 1.54) is 10.9 Å². The molecule has 0 aliphatic heterocycles. The van der Waals surface area contributed by atoms with Gasteiger partial charge in [-0.3, -0.25) is 0 Å². The minimum Gasteiger partial charge on any atom is -0.387 e. The molecule has 0 saturated heterocycles. The van der Waals surface area contributed by atoms with E-state index in [-0.39, 0.29) is 0 Å². The van der Waals surface area contributed by atoms with Crippen molar-refractivity contribution in [2.24, 2.45) is 0 Å². The molecule has 0 fully saturated rings. The number of para-hydroxylation sites is 1. The second kappa shape index (κ2) is 5.90. The normalized spacial score (nSPS) is 12.7. The van der Waals surface area contributed by atoms with Crippen LogP contribution in [0.1, 0.15) is 17.2 Å². The third kappa shape index (κ3) is 2.74. The Hall–Kier alpha value is -2.10. The third-order valence-corrected chi connectivity index (χ3v) is 3.51. The highest BCUT2D eigenvalue weighted by Gasteiger charge is 2.07. The Morgan fingerprint density at radius 2 is 1.75 bits per heavy atom. The molecule has 3 heteroatoms. The summed E-state index contributed by atoms with van der Waals surface area (Å²) in [5.74, 6) is 0. The van der Waals surface area contributed by atoms with Crippen molar-refractivity contribution in [1.29, 1.82) is 0 Å². The van der Waals surface area contributed by atoms with Gasteiger partial charge in [0.1, 0.15) is 0 Å². The molecule has 1 atom stereocenters. The van der Waals surface area contributed by atoms with Gasteiger partial charge >= 0.3 is 0 Å². The molecule has 0 spiro atoms. The van der Waals surface area contributed by atoms with Gasteiger partial charge in [0.15, 0.2) is 0 Å². The number of hydrogen-bond acceptors (Lipinski definition) is 2. The van der Waals surface area contributed by atoms with Crippen molar-refractivity contribution < 1.29 is 5.11 Å². The molecule has 1 unspecified atom stereocenters. The van der Waals surface area contributed by atoms with E-state index in [1.807, 2.05) is 48.7 Å². The second-order valence-electron chi connectivity index (χ2n) is 4.92. The summed E-state index contributed by atoms with van der Waals surface area (Å²) >= 11 is 0. The summed E-state index contributed by atoms with van der Waals surface area (Å²) in [4.78, 5) is 3.26. The topological polar surface area (TPSA) is 48.0 Å². The molecule has 0 saturated carbocycles. The van der Waals surface area contributed by atoms with Gasteiger partial charge in [-0.2, -0.15) is 0 Å². The summed E-state index contributed by atoms with van der Waals surface area (Å²) in [6, 6.07) is 18.0. The SMILES string of the molecule is OC(CNCc1c[nH]c2ccccc12)c1ccccc1. The van der Waals surface area contributed by atoms with Gasteiger partial charge in [0.05, 0.1) is 6.10 Å². The lowest BCUT2D eigenvalue weighted by molar-refractivity contribution is 0.174. The first-order chi connectivity index (χ1) is 9.84. The number of aromatic amines is 1. The van der Waals surface area contributed by atoms with Crippen molar-refractivity contribution in [3.8, 4) is 0 Å². The second-order valence-corrected chi connectivity index (χ2v) is 4.92. The van der Waals surface area contributed by atoms with E-state index in [0.717, 1.165) is 17.6 Å². The predicted molar refractivity (Wildman–Crippen MR) is 81.4 cm³/mol. The van der Waals surface area contributed by atoms with E-state index < -0.39 is 6.10 Å². The lowest BCUT2D eigenvalue weighted by atomic mass is 10.1. The van der Waals surface area contributed by atoms with Gasteiger partial charge in [0.25, 0.3) is 0 Å². The van der Waals surface area contributed by atoms with Crippen LogP contribution in [0.5, 0.6) is 0 Å². The average molecular weight is 266 g/mol. The fourth-order valence-corrected chi connectivity index (χ4v) is 2.41. The average Bonchev–Trinajstić information content (AvgIpc) is 2.92. The van der Waals surface area contributed by atoms with Crippen LogP contribution < -0.4 is 5.32 Å². The molecule has 1 aromatic heterocycles. The maximum Gasteiger partial charge on any atom is 0.0914 e. The molecule has 3 N–H and O–H groups in total. The molecule has 0 aliphatic rings. The minimum atomic E-state index is -0.471. The van der Waals surface area contributed by atoms with Gasteiger partial charge in [-0.1, -0.05) is 48.5 Å². The van der Waals surface area contributed by atoms with Crippen LogP contribution in [0.25, 0.3) is 10.9 Å². The predicted octanol–water partition coefficient (Wildman–Crippen LogP) is 2.99. The number of rotatable bonds is 5. The fraction of sp³-hybridized carbons (Fsp3) is 0.176. The summed E-state index contributed by atoms with van der Waals surface area (Å²) in [5.41, 5.74) is 3.31. The van der Waals surface area contributed by atoms with E-state index in [9.17, 15) is 5.11 Å². The summed E-state index contributed by atoms with van der Waals surface area (Å²) < 4.78 is 0. The zero-order valence-electron chi connectivity index (χ0n) is 11.2. The Kier molecular flexibility index (Phi) is 3.81. The Labute approximate surface area is 118 Å². The van der Waals surface area contributed by atoms with Gasteiger partial charge < -0.3 is 15.4 Å². The summed E-state index contributed by atoms with van der Waals surface area (Å²) in [7, 11) is 0. The van der Waals surface area contributed by atoms with Crippen LogP contribution in [0.3, 0.4) is 0 Å². The molecule has 1 heterocycles. The standard InChI is InChI=1S/C17H18N2O/c20-17(13-6-2-1-3-7-13)12-18-10-14-11-19-16-9-5-4-8-15(14)16/h1-9,11,17-20H,10,12H2. The molecule has 3 aromatic rings. The molecule has 0 aliphatic carbocycles. The molecule has 20 heavy (non-hydrogen) atoms. The van der Waals surface area contributed by atoms with Crippen molar-refractivity contribution in [3.05, 3.63) is 71.9 Å². The van der Waals surface area contributed by atoms with E-state index in [2.05, 4.69) is 22.4 Å². The molecule has 102 valence electrons. The molecule has 3 nitrogen and oxygen atoms in total. The molecule has 0 bridgehead atoms. The van der Waals surface area contributed by atoms with Gasteiger partial charge in [-0.25, -0.2) is 0 Å². The first kappa shape index (κ1) is 12.9. The Morgan fingerprint density at radius 1 is 1.00 bits per heavy atom. The molecular formula is C17H18N2O. The third-order valence-electron chi connectivity index (χ3n) is 3.51. The molecular weight excluding hydrogens is 248 g/mol. The highest BCUT2D eigenvalue weighted by molar-refractivity contribution is 5.82. The van der Waals surface area contributed by atoms with Crippen LogP contribution in [-0.2, 0) is 6.54 Å². The fourth-order valence-electron chi connectivity index (χ4n) is 2.41. The largest absolute Gasteiger partial charge is 0.387 e. The number of H-pyrrole nitrogens is 1. The van der Waals surface area contributed by atoms with Crippen LogP contribution in [0.4, 0.5) is 0 Å². The van der Waals surface area contributed by atoms with E-state index in [1.54, 1.807) is 0 Å².